The van der Waals surface area contributed by atoms with Crippen molar-refractivity contribution in [3.63, 3.8) is 0 Å². The Labute approximate surface area is 402 Å². The van der Waals surface area contributed by atoms with Crippen LogP contribution in [0.5, 0.6) is 5.75 Å². The predicted octanol–water partition coefficient (Wildman–Crippen LogP) is 7.06. The summed E-state index contributed by atoms with van der Waals surface area (Å²) >= 11 is 7.75. The van der Waals surface area contributed by atoms with Crippen molar-refractivity contribution in [3.8, 4) is 22.4 Å². The number of carbonyl (C=O) groups excluding carboxylic acids is 4. The number of likely N-dealkylation sites (tertiary alicyclic amines) is 1. The molecule has 1 aliphatic carbocycles. The number of anilines is 1. The third kappa shape index (κ3) is 12.3. The molecule has 1 aliphatic heterocycles. The molecule has 2 aromatic carbocycles. The molecule has 3 atom stereocenters. The second-order valence-electron chi connectivity index (χ2n) is 19.7. The van der Waals surface area contributed by atoms with Crippen molar-refractivity contribution >= 4 is 52.3 Å². The molecule has 2 fully saturated rings. The smallest absolute Gasteiger partial charge is 0.251 e. The fourth-order valence-corrected chi connectivity index (χ4v) is 10.3. The first-order valence-corrected chi connectivity index (χ1v) is 24.0. The Balaban J connectivity index is 0.878. The summed E-state index contributed by atoms with van der Waals surface area (Å²) in [5.41, 5.74) is 4.64. The van der Waals surface area contributed by atoms with Crippen molar-refractivity contribution in [1.29, 1.82) is 5.26 Å². The Morgan fingerprint density at radius 3 is 2.37 bits per heavy atom. The third-order valence-electron chi connectivity index (χ3n) is 12.7. The van der Waals surface area contributed by atoms with Crippen LogP contribution in [0.15, 0.2) is 66.3 Å². The number of β-amino-alcohol motifs (C(OH)–C–C–N with tert-alkyl or cyclic N) is 1. The number of halogens is 1. The van der Waals surface area contributed by atoms with E-state index in [0.29, 0.717) is 35.1 Å². The van der Waals surface area contributed by atoms with E-state index >= 15 is 0 Å². The molecule has 2 aliphatic rings. The zero-order valence-electron chi connectivity index (χ0n) is 39.6. The number of pyridine rings is 1. The lowest BCUT2D eigenvalue weighted by atomic mass is 9.49. The Kier molecular flexibility index (Phi) is 16.4. The fraction of sp³-hybridized carbons (Fsp3) is 0.500. The van der Waals surface area contributed by atoms with Crippen LogP contribution in [0, 0.1) is 34.5 Å². The van der Waals surface area contributed by atoms with Crippen LogP contribution in [0.1, 0.15) is 101 Å². The molecule has 4 amide bonds. The van der Waals surface area contributed by atoms with Crippen LogP contribution in [0.3, 0.4) is 0 Å². The van der Waals surface area contributed by atoms with Gasteiger partial charge in [0.25, 0.3) is 5.91 Å². The summed E-state index contributed by atoms with van der Waals surface area (Å²) in [4.78, 5) is 64.9. The van der Waals surface area contributed by atoms with E-state index in [4.69, 9.17) is 21.1 Å². The van der Waals surface area contributed by atoms with Gasteiger partial charge in [-0.3, -0.25) is 24.2 Å². The molecule has 0 bridgehead atoms. The molecule has 0 spiro atoms. The number of aliphatic hydroxyl groups excluding tert-OH is 1. The second-order valence-corrected chi connectivity index (χ2v) is 21.0. The number of hydrogen-bond acceptors (Lipinski definition) is 12. The monoisotopic (exact) mass is 954 g/mol. The molecule has 4 aromatic rings. The van der Waals surface area contributed by atoms with Gasteiger partial charge >= 0.3 is 0 Å². The number of hydrogen-bond donors (Lipinski definition) is 5. The topological polar surface area (TPSA) is 208 Å². The van der Waals surface area contributed by atoms with Crippen molar-refractivity contribution in [3.05, 3.63) is 93.7 Å². The van der Waals surface area contributed by atoms with Gasteiger partial charge < -0.3 is 40.7 Å². The molecular weight excluding hydrogens is 892 g/mol. The molecule has 3 heterocycles. The number of thiazole rings is 1. The van der Waals surface area contributed by atoms with Crippen LogP contribution in [-0.4, -0.2) is 100 Å². The van der Waals surface area contributed by atoms with Crippen molar-refractivity contribution in [1.82, 2.24) is 30.8 Å². The van der Waals surface area contributed by atoms with Gasteiger partial charge in [0.05, 0.1) is 38.5 Å². The normalized spacial score (nSPS) is 19.9. The first kappa shape index (κ1) is 50.8. The lowest BCUT2D eigenvalue weighted by Crippen LogP contribution is -2.74. The molecule has 17 heteroatoms. The summed E-state index contributed by atoms with van der Waals surface area (Å²) in [7, 11) is 0. The van der Waals surface area contributed by atoms with E-state index in [1.165, 1.54) is 16.2 Å². The third-order valence-corrected chi connectivity index (χ3v) is 13.9. The summed E-state index contributed by atoms with van der Waals surface area (Å²) < 4.78 is 12.0. The van der Waals surface area contributed by atoms with Crippen molar-refractivity contribution < 1.29 is 33.8 Å². The highest BCUT2D eigenvalue weighted by Gasteiger charge is 2.64. The maximum atomic E-state index is 14.0. The summed E-state index contributed by atoms with van der Waals surface area (Å²) in [6, 6.07) is 16.2. The predicted molar refractivity (Wildman–Crippen MR) is 258 cm³/mol. The van der Waals surface area contributed by atoms with E-state index in [1.54, 1.807) is 42.0 Å². The van der Waals surface area contributed by atoms with Gasteiger partial charge in [0, 0.05) is 73.0 Å². The van der Waals surface area contributed by atoms with E-state index in [-0.39, 0.29) is 55.0 Å². The Morgan fingerprint density at radius 2 is 1.75 bits per heavy atom. The van der Waals surface area contributed by atoms with E-state index in [9.17, 15) is 29.5 Å². The van der Waals surface area contributed by atoms with Gasteiger partial charge in [0.2, 0.25) is 17.7 Å². The minimum Gasteiger partial charge on any atom is -0.489 e. The first-order valence-electron chi connectivity index (χ1n) is 22.7. The van der Waals surface area contributed by atoms with Crippen molar-refractivity contribution in [2.75, 3.05) is 31.6 Å². The molecule has 15 nitrogen and oxygen atoms in total. The van der Waals surface area contributed by atoms with Crippen LogP contribution < -0.4 is 26.0 Å². The van der Waals surface area contributed by atoms with E-state index < -0.39 is 41.3 Å². The molecule has 1 saturated heterocycles. The molecule has 358 valence electrons. The van der Waals surface area contributed by atoms with Gasteiger partial charge in [-0.1, -0.05) is 66.1 Å². The molecule has 2 aromatic heterocycles. The van der Waals surface area contributed by atoms with Gasteiger partial charge in [-0.05, 0) is 79.6 Å². The zero-order chi connectivity index (χ0) is 48.7. The van der Waals surface area contributed by atoms with E-state index in [2.05, 4.69) is 65.0 Å². The summed E-state index contributed by atoms with van der Waals surface area (Å²) in [6.07, 6.45) is 3.14. The lowest BCUT2D eigenvalue weighted by Gasteiger charge is -2.63. The number of nitrogens with zero attached hydrogens (tertiary/aromatic N) is 4. The largest absolute Gasteiger partial charge is 0.489 e. The average molecular weight is 956 g/mol. The number of unbranched alkanes of at least 4 members (excludes halogenated alkanes) is 2. The number of ether oxygens (including phenoxy) is 2. The summed E-state index contributed by atoms with van der Waals surface area (Å²) in [6.45, 7) is 16.7. The number of aliphatic hydroxyl groups is 1. The Morgan fingerprint density at radius 1 is 1.01 bits per heavy atom. The van der Waals surface area contributed by atoms with Gasteiger partial charge in [0.15, 0.2) is 0 Å². The number of benzene rings is 2. The second kappa shape index (κ2) is 21.6. The Bertz CT molecular complexity index is 2410. The van der Waals surface area contributed by atoms with Crippen LogP contribution in [0.25, 0.3) is 10.6 Å². The van der Waals surface area contributed by atoms with Crippen molar-refractivity contribution in [2.45, 2.75) is 118 Å². The number of carbonyl (C=O) groups is 4. The van der Waals surface area contributed by atoms with Gasteiger partial charge in [0.1, 0.15) is 36.6 Å². The van der Waals surface area contributed by atoms with Crippen molar-refractivity contribution in [2.24, 2.45) is 16.2 Å². The molecule has 1 saturated carbocycles. The number of rotatable bonds is 19. The molecule has 6 rings (SSSR count). The quantitative estimate of drug-likeness (QED) is 0.0602. The number of aromatic nitrogens is 2. The van der Waals surface area contributed by atoms with Crippen LogP contribution >= 0.6 is 22.9 Å². The molecule has 0 unspecified atom stereocenters. The number of nitriles is 1. The van der Waals surface area contributed by atoms with E-state index in [1.807, 2.05) is 52.0 Å². The fourth-order valence-electron chi connectivity index (χ4n) is 9.29. The Hall–Kier alpha value is -5.60. The highest BCUT2D eigenvalue weighted by molar-refractivity contribution is 7.13. The molecule has 0 radical (unpaired) electrons. The number of nitrogens with one attached hydrogen (secondary N) is 4. The standard InChI is InChI=1S/C50H63ClN8O7S/c1-30-41(67-29-56-30)38-19-12-31(25-54-38)26-55-44(63)39-22-35(60)27-59(39)45(64)42(48(2,3)4)57-40(61)28-65-21-11-9-10-20-53-34-16-13-32(14-17-34)43(62)58-46-49(5,6)47(50(46,7)8)66-36-18-15-33(24-52)37(51)23-36/h12-19,23,25,29,35,39,42,46-47,53,60H,9-11,20-22,26-28H2,1-8H3,(H,55,63)(H,57,61)(H,58,62)/t35-,39+,42-,46?,47?/m1/s1. The highest BCUT2D eigenvalue weighted by atomic mass is 35.5. The van der Waals surface area contributed by atoms with Gasteiger partial charge in [-0.2, -0.15) is 5.26 Å². The number of amides is 4. The maximum Gasteiger partial charge on any atom is 0.251 e. The highest BCUT2D eigenvalue weighted by Crippen LogP contribution is 2.55. The zero-order valence-corrected chi connectivity index (χ0v) is 41.1. The molecular formula is C50H63ClN8O7S. The summed E-state index contributed by atoms with van der Waals surface area (Å²) in [5.74, 6) is -0.863. The maximum absolute atomic E-state index is 14.0. The SMILES string of the molecule is Cc1ncsc1-c1ccc(CNC(=O)[C@@H]2C[C@@H](O)CN2C(=O)[C@@H](NC(=O)COCCCCCNc2ccc(C(=O)NC3C(C)(C)C(Oc4ccc(C#N)c(Cl)c4)C3(C)C)cc2)C(C)(C)C)cn1. The van der Waals surface area contributed by atoms with E-state index in [0.717, 1.165) is 46.8 Å². The summed E-state index contributed by atoms with van der Waals surface area (Å²) in [5, 5.41) is 32.4. The van der Waals surface area contributed by atoms with Crippen LogP contribution in [-0.2, 0) is 25.7 Å². The average Bonchev–Trinajstić information content (AvgIpc) is 3.91. The van der Waals surface area contributed by atoms with Gasteiger partial charge in [-0.15, -0.1) is 11.3 Å². The minimum absolute atomic E-state index is 0.0203. The van der Waals surface area contributed by atoms with Gasteiger partial charge in [-0.25, -0.2) is 4.98 Å². The molecule has 5 N–H and O–H groups in total. The first-order chi connectivity index (χ1) is 31.7. The minimum atomic E-state index is -0.955. The van der Waals surface area contributed by atoms with Crippen LogP contribution in [0.2, 0.25) is 5.02 Å². The molecule has 67 heavy (non-hydrogen) atoms. The lowest BCUT2D eigenvalue weighted by molar-refractivity contribution is -0.164. The number of aryl methyl sites for hydroxylation is 1. The van der Waals surface area contributed by atoms with Crippen LogP contribution in [0.4, 0.5) is 5.69 Å².